The van der Waals surface area contributed by atoms with E-state index in [1.54, 1.807) is 0 Å². The predicted octanol–water partition coefficient (Wildman–Crippen LogP) is 4.06. The molecule has 2 heterocycles. The molecule has 3 nitrogen and oxygen atoms in total. The Kier molecular flexibility index (Phi) is 3.11. The molecular weight excluding hydrogens is 246 g/mol. The molecule has 20 heavy (non-hydrogen) atoms. The lowest BCUT2D eigenvalue weighted by atomic mass is 9.96. The Morgan fingerprint density at radius 3 is 2.45 bits per heavy atom. The minimum absolute atomic E-state index is 1.01. The van der Waals surface area contributed by atoms with Crippen molar-refractivity contribution in [3.8, 4) is 22.4 Å². The molecule has 100 valence electrons. The smallest absolute Gasteiger partial charge is 0.0734 e. The van der Waals surface area contributed by atoms with Crippen LogP contribution in [0.3, 0.4) is 0 Å². The topological polar surface area (TPSA) is 41.6 Å². The third-order valence-electron chi connectivity index (χ3n) is 3.58. The lowest BCUT2D eigenvalue weighted by Gasteiger charge is -2.08. The van der Waals surface area contributed by atoms with Gasteiger partial charge in [0.2, 0.25) is 0 Å². The Balaban J connectivity index is 2.24. The van der Waals surface area contributed by atoms with Crippen molar-refractivity contribution >= 4 is 0 Å². The molecule has 3 heteroatoms. The first-order valence-corrected chi connectivity index (χ1v) is 6.70. The third kappa shape index (κ3) is 2.11. The summed E-state index contributed by atoms with van der Waals surface area (Å²) in [5.41, 5.74) is 8.08. The fourth-order valence-corrected chi connectivity index (χ4v) is 2.50. The van der Waals surface area contributed by atoms with Crippen molar-refractivity contribution in [2.24, 2.45) is 0 Å². The number of H-pyrrole nitrogens is 1. The summed E-state index contributed by atoms with van der Waals surface area (Å²) >= 11 is 0. The van der Waals surface area contributed by atoms with Crippen molar-refractivity contribution in [1.82, 2.24) is 15.2 Å². The minimum atomic E-state index is 1.01. The number of nitrogens with one attached hydrogen (secondary N) is 1. The van der Waals surface area contributed by atoms with Gasteiger partial charge in [0.1, 0.15) is 0 Å². The van der Waals surface area contributed by atoms with Crippen molar-refractivity contribution in [3.05, 3.63) is 59.5 Å². The summed E-state index contributed by atoms with van der Waals surface area (Å²) in [6.45, 7) is 6.26. The van der Waals surface area contributed by atoms with E-state index in [0.29, 0.717) is 0 Å². The summed E-state index contributed by atoms with van der Waals surface area (Å²) in [6, 6.07) is 10.5. The van der Waals surface area contributed by atoms with Crippen LogP contribution in [0.2, 0.25) is 0 Å². The summed E-state index contributed by atoms with van der Waals surface area (Å²) in [6.07, 6.45) is 3.63. The molecule has 0 aliphatic rings. The maximum absolute atomic E-state index is 4.39. The zero-order chi connectivity index (χ0) is 14.1. The molecule has 0 radical (unpaired) electrons. The Morgan fingerprint density at radius 1 is 0.950 bits per heavy atom. The average molecular weight is 263 g/mol. The molecule has 0 unspecified atom stereocenters. The van der Waals surface area contributed by atoms with Gasteiger partial charge in [-0.1, -0.05) is 17.7 Å². The molecule has 3 rings (SSSR count). The summed E-state index contributed by atoms with van der Waals surface area (Å²) in [5.74, 6) is 0. The van der Waals surface area contributed by atoms with Crippen molar-refractivity contribution in [3.63, 3.8) is 0 Å². The van der Waals surface area contributed by atoms with E-state index in [1.165, 1.54) is 16.7 Å². The van der Waals surface area contributed by atoms with Crippen LogP contribution in [-0.4, -0.2) is 15.2 Å². The summed E-state index contributed by atoms with van der Waals surface area (Å²) in [7, 11) is 0. The van der Waals surface area contributed by atoms with Gasteiger partial charge in [-0.2, -0.15) is 5.10 Å². The van der Waals surface area contributed by atoms with Crippen LogP contribution in [0.1, 0.15) is 16.8 Å². The maximum Gasteiger partial charge on any atom is 0.0734 e. The van der Waals surface area contributed by atoms with Crippen LogP contribution in [-0.2, 0) is 0 Å². The molecule has 2 aromatic heterocycles. The molecule has 1 N–H and O–H groups in total. The van der Waals surface area contributed by atoms with E-state index in [1.807, 2.05) is 31.5 Å². The average Bonchev–Trinajstić information content (AvgIpc) is 2.84. The molecule has 0 saturated heterocycles. The van der Waals surface area contributed by atoms with E-state index in [0.717, 1.165) is 22.5 Å². The second-order valence-corrected chi connectivity index (χ2v) is 5.11. The molecule has 0 spiro atoms. The van der Waals surface area contributed by atoms with Crippen molar-refractivity contribution in [1.29, 1.82) is 0 Å². The summed E-state index contributed by atoms with van der Waals surface area (Å²) in [5, 5.41) is 7.58. The monoisotopic (exact) mass is 263 g/mol. The van der Waals surface area contributed by atoms with E-state index in [-0.39, 0.29) is 0 Å². The molecule has 0 atom stereocenters. The van der Waals surface area contributed by atoms with E-state index in [9.17, 15) is 0 Å². The number of hydrogen-bond acceptors (Lipinski definition) is 2. The number of nitrogens with zero attached hydrogens (tertiary/aromatic N) is 2. The first kappa shape index (κ1) is 12.6. The van der Waals surface area contributed by atoms with Crippen LogP contribution in [0.5, 0.6) is 0 Å². The molecule has 0 aliphatic heterocycles. The van der Waals surface area contributed by atoms with Crippen LogP contribution in [0, 0.1) is 20.8 Å². The van der Waals surface area contributed by atoms with Gasteiger partial charge in [-0.25, -0.2) is 0 Å². The highest BCUT2D eigenvalue weighted by atomic mass is 15.1. The van der Waals surface area contributed by atoms with Crippen LogP contribution in [0.15, 0.2) is 42.7 Å². The van der Waals surface area contributed by atoms with Gasteiger partial charge in [0, 0.05) is 23.5 Å². The Hall–Kier alpha value is -2.42. The first-order valence-electron chi connectivity index (χ1n) is 6.70. The Labute approximate surface area is 118 Å². The summed E-state index contributed by atoms with van der Waals surface area (Å²) < 4.78 is 0. The van der Waals surface area contributed by atoms with E-state index in [4.69, 9.17) is 0 Å². The number of aromatic amines is 1. The van der Waals surface area contributed by atoms with E-state index >= 15 is 0 Å². The van der Waals surface area contributed by atoms with E-state index in [2.05, 4.69) is 47.2 Å². The van der Waals surface area contributed by atoms with Crippen molar-refractivity contribution in [2.45, 2.75) is 20.8 Å². The lowest BCUT2D eigenvalue weighted by molar-refractivity contribution is 1.05. The molecular formula is C17H17N3. The molecule has 0 bridgehead atoms. The fourth-order valence-electron chi connectivity index (χ4n) is 2.50. The van der Waals surface area contributed by atoms with Gasteiger partial charge >= 0.3 is 0 Å². The first-order chi connectivity index (χ1) is 9.66. The zero-order valence-corrected chi connectivity index (χ0v) is 11.9. The minimum Gasteiger partial charge on any atom is -0.277 e. The van der Waals surface area contributed by atoms with Gasteiger partial charge in [0.25, 0.3) is 0 Å². The molecule has 0 aliphatic carbocycles. The van der Waals surface area contributed by atoms with Crippen molar-refractivity contribution in [2.75, 3.05) is 0 Å². The number of rotatable bonds is 2. The van der Waals surface area contributed by atoms with Gasteiger partial charge in [0.15, 0.2) is 0 Å². The van der Waals surface area contributed by atoms with Gasteiger partial charge in [-0.15, -0.1) is 0 Å². The van der Waals surface area contributed by atoms with Gasteiger partial charge in [0.05, 0.1) is 11.4 Å². The second kappa shape index (κ2) is 4.93. The molecule has 3 aromatic rings. The molecule has 0 saturated carbocycles. The quantitative estimate of drug-likeness (QED) is 0.757. The molecule has 0 fully saturated rings. The highest BCUT2D eigenvalue weighted by molar-refractivity contribution is 5.83. The number of aromatic nitrogens is 3. The van der Waals surface area contributed by atoms with Gasteiger partial charge in [-0.3, -0.25) is 10.1 Å². The highest BCUT2D eigenvalue weighted by Gasteiger charge is 2.15. The Morgan fingerprint density at radius 2 is 1.70 bits per heavy atom. The van der Waals surface area contributed by atoms with Crippen LogP contribution in [0.4, 0.5) is 0 Å². The summed E-state index contributed by atoms with van der Waals surface area (Å²) in [4.78, 5) is 4.09. The SMILES string of the molecule is Cc1ccc(C)c(-c2[nH]nc(C)c2-c2ccncc2)c1. The molecule has 0 amide bonds. The predicted molar refractivity (Wildman–Crippen MR) is 81.5 cm³/mol. The second-order valence-electron chi connectivity index (χ2n) is 5.11. The van der Waals surface area contributed by atoms with Crippen LogP contribution >= 0.6 is 0 Å². The number of benzene rings is 1. The van der Waals surface area contributed by atoms with Gasteiger partial charge in [-0.05, 0) is 50.1 Å². The van der Waals surface area contributed by atoms with E-state index < -0.39 is 0 Å². The number of pyridine rings is 1. The normalized spacial score (nSPS) is 10.8. The lowest BCUT2D eigenvalue weighted by Crippen LogP contribution is -1.88. The van der Waals surface area contributed by atoms with Crippen LogP contribution < -0.4 is 0 Å². The number of hydrogen-bond donors (Lipinski definition) is 1. The zero-order valence-electron chi connectivity index (χ0n) is 11.9. The number of aryl methyl sites for hydroxylation is 3. The maximum atomic E-state index is 4.39. The fraction of sp³-hybridized carbons (Fsp3) is 0.176. The third-order valence-corrected chi connectivity index (χ3v) is 3.58. The highest BCUT2D eigenvalue weighted by Crippen LogP contribution is 2.34. The van der Waals surface area contributed by atoms with Gasteiger partial charge < -0.3 is 0 Å². The van der Waals surface area contributed by atoms with Crippen molar-refractivity contribution < 1.29 is 0 Å². The Bertz CT molecular complexity index is 742. The molecule has 1 aromatic carbocycles. The standard InChI is InChI=1S/C17H17N3/c1-11-4-5-12(2)15(10-11)17-16(13(3)19-20-17)14-6-8-18-9-7-14/h4-10H,1-3H3,(H,19,20). The largest absolute Gasteiger partial charge is 0.277 e. The van der Waals surface area contributed by atoms with Crippen LogP contribution in [0.25, 0.3) is 22.4 Å².